The molecule has 0 amide bonds. The van der Waals surface area contributed by atoms with Gasteiger partial charge in [0, 0.05) is 11.5 Å². The Hall–Kier alpha value is -1.83. The lowest BCUT2D eigenvalue weighted by Crippen LogP contribution is -2.16. The summed E-state index contributed by atoms with van der Waals surface area (Å²) in [5, 5.41) is 0. The third-order valence-corrected chi connectivity index (χ3v) is 7.79. The van der Waals surface area contributed by atoms with E-state index in [1.807, 2.05) is 23.5 Å². The molecule has 2 aromatic rings. The molecule has 2 aromatic carbocycles. The zero-order chi connectivity index (χ0) is 23.5. The first-order chi connectivity index (χ1) is 15.1. The number of rotatable bonds is 7. The molecule has 0 nitrogen and oxygen atoms in total. The summed E-state index contributed by atoms with van der Waals surface area (Å²) in [6.07, 6.45) is 4.35. The smallest absolute Gasteiger partial charge is 0.126 e. The van der Waals surface area contributed by atoms with Gasteiger partial charge in [0.05, 0.1) is 9.81 Å². The highest BCUT2D eigenvalue weighted by Gasteiger charge is 2.09. The van der Waals surface area contributed by atoms with Crippen molar-refractivity contribution >= 4 is 39.7 Å². The normalized spacial score (nSPS) is 12.4. The van der Waals surface area contributed by atoms with E-state index in [-0.39, 0.29) is 0 Å². The highest BCUT2D eigenvalue weighted by molar-refractivity contribution is 8.03. The standard InChI is InChI=1S/C28H34S2Si2/c1-31(2,3)21-19-27(29-23-25-13-9-7-10-14-25)17-18-28(20-22-32(4,5)6)30-24-26-15-11-8-12-16-26/h7-18H,23-24H2,1-6H3/b27-17-,28-18-. The maximum absolute atomic E-state index is 3.53. The van der Waals surface area contributed by atoms with E-state index in [1.165, 1.54) is 11.1 Å². The molecule has 0 aliphatic rings. The summed E-state index contributed by atoms with van der Waals surface area (Å²) in [5.74, 6) is 8.80. The van der Waals surface area contributed by atoms with E-state index < -0.39 is 16.1 Å². The Labute approximate surface area is 206 Å². The van der Waals surface area contributed by atoms with Crippen molar-refractivity contribution in [3.63, 3.8) is 0 Å². The second-order valence-corrected chi connectivity index (χ2v) is 21.1. The average molecular weight is 491 g/mol. The molecule has 0 bridgehead atoms. The zero-order valence-electron chi connectivity index (χ0n) is 20.2. The van der Waals surface area contributed by atoms with E-state index in [0.29, 0.717) is 0 Å². The van der Waals surface area contributed by atoms with Gasteiger partial charge in [-0.2, -0.15) is 0 Å². The molecule has 0 aromatic heterocycles. The van der Waals surface area contributed by atoms with Crippen molar-refractivity contribution in [2.24, 2.45) is 0 Å². The first-order valence-electron chi connectivity index (χ1n) is 10.9. The molecule has 0 aliphatic heterocycles. The molecule has 0 aliphatic carbocycles. The van der Waals surface area contributed by atoms with Crippen LogP contribution in [0.2, 0.25) is 39.3 Å². The van der Waals surface area contributed by atoms with Crippen LogP contribution in [-0.4, -0.2) is 16.1 Å². The Balaban J connectivity index is 2.28. The Kier molecular flexibility index (Phi) is 10.8. The van der Waals surface area contributed by atoms with Gasteiger partial charge in [-0.25, -0.2) is 0 Å². The Morgan fingerprint density at radius 2 is 0.969 bits per heavy atom. The van der Waals surface area contributed by atoms with Crippen molar-refractivity contribution in [2.75, 3.05) is 0 Å². The van der Waals surface area contributed by atoms with Gasteiger partial charge in [-0.15, -0.1) is 34.6 Å². The monoisotopic (exact) mass is 490 g/mol. The van der Waals surface area contributed by atoms with Gasteiger partial charge in [0.2, 0.25) is 0 Å². The van der Waals surface area contributed by atoms with Gasteiger partial charge in [-0.1, -0.05) is 112 Å². The van der Waals surface area contributed by atoms with Crippen LogP contribution in [0, 0.1) is 22.9 Å². The molecule has 0 unspecified atom stereocenters. The van der Waals surface area contributed by atoms with Crippen molar-refractivity contribution in [3.05, 3.63) is 93.8 Å². The molecular formula is C28H34S2Si2. The molecule has 0 saturated carbocycles. The van der Waals surface area contributed by atoms with Crippen LogP contribution >= 0.6 is 23.5 Å². The summed E-state index contributed by atoms with van der Waals surface area (Å²) in [7, 11) is -2.89. The predicted molar refractivity (Wildman–Crippen MR) is 154 cm³/mol. The SMILES string of the molecule is C[Si](C)(C)C#C/C(=C/C=C(/C#C[Si](C)(C)C)SCc1ccccc1)SCc1ccccc1. The van der Waals surface area contributed by atoms with E-state index in [9.17, 15) is 0 Å². The number of thioether (sulfide) groups is 2. The molecule has 4 heteroatoms. The molecule has 2 rings (SSSR count). The first kappa shape index (κ1) is 26.4. The second-order valence-electron chi connectivity index (χ2n) is 9.61. The van der Waals surface area contributed by atoms with Crippen LogP contribution in [0.25, 0.3) is 0 Å². The third kappa shape index (κ3) is 12.3. The minimum absolute atomic E-state index is 0.925. The van der Waals surface area contributed by atoms with Crippen LogP contribution in [0.15, 0.2) is 82.6 Å². The number of allylic oxidation sites excluding steroid dienone is 4. The van der Waals surface area contributed by atoms with Crippen LogP contribution in [0.5, 0.6) is 0 Å². The van der Waals surface area contributed by atoms with Crippen molar-refractivity contribution in [3.8, 4) is 22.9 Å². The molecule has 0 spiro atoms. The lowest BCUT2D eigenvalue weighted by Gasteiger charge is -2.06. The van der Waals surface area contributed by atoms with Crippen LogP contribution < -0.4 is 0 Å². The van der Waals surface area contributed by atoms with Crippen molar-refractivity contribution in [1.29, 1.82) is 0 Å². The maximum Gasteiger partial charge on any atom is 0.129 e. The topological polar surface area (TPSA) is 0 Å². The van der Waals surface area contributed by atoms with E-state index in [4.69, 9.17) is 0 Å². The summed E-state index contributed by atoms with van der Waals surface area (Å²) >= 11 is 3.62. The molecule has 166 valence electrons. The first-order valence-corrected chi connectivity index (χ1v) is 19.9. The molecule has 32 heavy (non-hydrogen) atoms. The molecule has 0 radical (unpaired) electrons. The molecule has 0 saturated heterocycles. The van der Waals surface area contributed by atoms with E-state index in [1.54, 1.807) is 0 Å². The van der Waals surface area contributed by atoms with E-state index in [0.717, 1.165) is 21.3 Å². The second kappa shape index (κ2) is 13.0. The van der Waals surface area contributed by atoms with E-state index in [2.05, 4.69) is 135 Å². The number of hydrogen-bond donors (Lipinski definition) is 0. The molecule has 0 heterocycles. The van der Waals surface area contributed by atoms with Gasteiger partial charge >= 0.3 is 0 Å². The summed E-state index contributed by atoms with van der Waals surface area (Å²) in [5.41, 5.74) is 9.70. The van der Waals surface area contributed by atoms with E-state index >= 15 is 0 Å². The molecule has 0 N–H and O–H groups in total. The van der Waals surface area contributed by atoms with Crippen molar-refractivity contribution in [2.45, 2.75) is 50.8 Å². The average Bonchev–Trinajstić information content (AvgIpc) is 2.74. The summed E-state index contributed by atoms with van der Waals surface area (Å²) < 4.78 is 0. The predicted octanol–water partition coefficient (Wildman–Crippen LogP) is 8.38. The molecular weight excluding hydrogens is 457 g/mol. The van der Waals surface area contributed by atoms with Gasteiger partial charge in [0.15, 0.2) is 0 Å². The molecule has 0 atom stereocenters. The third-order valence-electron chi connectivity index (χ3n) is 3.98. The van der Waals surface area contributed by atoms with Gasteiger partial charge in [-0.05, 0) is 23.3 Å². The van der Waals surface area contributed by atoms with Gasteiger partial charge < -0.3 is 0 Å². The highest BCUT2D eigenvalue weighted by atomic mass is 32.2. The highest BCUT2D eigenvalue weighted by Crippen LogP contribution is 2.25. The summed E-state index contributed by atoms with van der Waals surface area (Å²) in [6.45, 7) is 13.7. The maximum atomic E-state index is 3.53. The lowest BCUT2D eigenvalue weighted by molar-refractivity contribution is 1.42. The number of benzene rings is 2. The minimum Gasteiger partial charge on any atom is -0.126 e. The quantitative estimate of drug-likeness (QED) is 0.217. The van der Waals surface area contributed by atoms with Crippen LogP contribution in [0.3, 0.4) is 0 Å². The van der Waals surface area contributed by atoms with Crippen LogP contribution in [0.4, 0.5) is 0 Å². The van der Waals surface area contributed by atoms with Gasteiger partial charge in [0.25, 0.3) is 0 Å². The largest absolute Gasteiger partial charge is 0.129 e. The minimum atomic E-state index is -1.45. The summed E-state index contributed by atoms with van der Waals surface area (Å²) in [6, 6.07) is 21.2. The Bertz CT molecular complexity index is 946. The van der Waals surface area contributed by atoms with Crippen LogP contribution in [0.1, 0.15) is 11.1 Å². The molecule has 0 fully saturated rings. The fraction of sp³-hybridized carbons (Fsp3) is 0.286. The fourth-order valence-corrected chi connectivity index (χ4v) is 5.18. The summed E-state index contributed by atoms with van der Waals surface area (Å²) in [4.78, 5) is 2.23. The van der Waals surface area contributed by atoms with Crippen molar-refractivity contribution < 1.29 is 0 Å². The van der Waals surface area contributed by atoms with Crippen LogP contribution in [-0.2, 0) is 11.5 Å². The zero-order valence-corrected chi connectivity index (χ0v) is 23.8. The van der Waals surface area contributed by atoms with Crippen molar-refractivity contribution in [1.82, 2.24) is 0 Å². The van der Waals surface area contributed by atoms with Gasteiger partial charge in [0.1, 0.15) is 16.1 Å². The Morgan fingerprint density at radius 3 is 1.28 bits per heavy atom. The fourth-order valence-electron chi connectivity index (χ4n) is 2.37. The van der Waals surface area contributed by atoms with Gasteiger partial charge in [-0.3, -0.25) is 0 Å². The lowest BCUT2D eigenvalue weighted by atomic mass is 10.2. The Morgan fingerprint density at radius 1 is 0.625 bits per heavy atom. The number of hydrogen-bond acceptors (Lipinski definition) is 2.